The summed E-state index contributed by atoms with van der Waals surface area (Å²) in [4.78, 5) is 24.4. The molecule has 5 N–H and O–H groups in total. The molecule has 0 aromatic carbocycles. The van der Waals surface area contributed by atoms with E-state index in [2.05, 4.69) is 10.3 Å². The molecule has 1 amide bonds. The number of hydrogen-bond acceptors (Lipinski definition) is 7. The summed E-state index contributed by atoms with van der Waals surface area (Å²) >= 11 is 0. The molecule has 1 fully saturated rings. The second kappa shape index (κ2) is 9.16. The van der Waals surface area contributed by atoms with Crippen LogP contribution in [0, 0.1) is 6.92 Å². The molecule has 2 atom stereocenters. The molecule has 2 heterocycles. The number of carbonyl (C=O) groups is 2. The molecule has 2 rings (SSSR count). The van der Waals surface area contributed by atoms with Crippen LogP contribution in [0.3, 0.4) is 0 Å². The zero-order valence-corrected chi connectivity index (χ0v) is 13.5. The van der Waals surface area contributed by atoms with Gasteiger partial charge in [-0.2, -0.15) is 0 Å². The largest absolute Gasteiger partial charge is 0.506 e. The average molecular weight is 342 g/mol. The van der Waals surface area contributed by atoms with Gasteiger partial charge in [-0.05, 0) is 20.3 Å². The van der Waals surface area contributed by atoms with Crippen LogP contribution >= 0.6 is 0 Å². The van der Waals surface area contributed by atoms with Crippen LogP contribution in [-0.4, -0.2) is 49.9 Å². The fraction of sp³-hybridized carbons (Fsp3) is 0.533. The van der Waals surface area contributed by atoms with Gasteiger partial charge in [0.15, 0.2) is 6.29 Å². The number of pyridine rings is 1. The van der Waals surface area contributed by atoms with E-state index in [9.17, 15) is 19.8 Å². The molecule has 134 valence electrons. The van der Waals surface area contributed by atoms with Crippen LogP contribution in [0.25, 0.3) is 0 Å². The first-order chi connectivity index (χ1) is 11.3. The first-order valence-electron chi connectivity index (χ1n) is 7.41. The number of aliphatic hydroxyl groups is 2. The predicted molar refractivity (Wildman–Crippen MR) is 81.9 cm³/mol. The Labute approximate surface area is 138 Å². The van der Waals surface area contributed by atoms with Gasteiger partial charge in [-0.1, -0.05) is 0 Å². The summed E-state index contributed by atoms with van der Waals surface area (Å²) < 4.78 is 4.96. The van der Waals surface area contributed by atoms with E-state index in [1.165, 1.54) is 6.20 Å². The zero-order chi connectivity index (χ0) is 18.3. The van der Waals surface area contributed by atoms with Gasteiger partial charge in [-0.15, -0.1) is 0 Å². The number of amides is 1. The molecule has 24 heavy (non-hydrogen) atoms. The second-order valence-corrected chi connectivity index (χ2v) is 5.09. The van der Waals surface area contributed by atoms with Gasteiger partial charge in [0.2, 0.25) is 5.91 Å². The summed E-state index contributed by atoms with van der Waals surface area (Å²) in [5.74, 6) is -1.21. The van der Waals surface area contributed by atoms with Crippen molar-refractivity contribution in [1.82, 2.24) is 10.3 Å². The Balaban J connectivity index is 0.000000272. The number of carboxylic acids is 1. The molecular weight excluding hydrogens is 320 g/mol. The maximum Gasteiger partial charge on any atom is 0.326 e. The van der Waals surface area contributed by atoms with Crippen molar-refractivity contribution in [1.29, 1.82) is 0 Å². The molecule has 0 spiro atoms. The molecule has 0 aliphatic carbocycles. The standard InChI is InChI=1S/C10H15NO4.C5H7NO3/c1-3-15-10(14)7-4-11-6(2)9(13)8(7)5-12;7-4-2-1-3(6-4)5(8)9/h4,10,12-14H,3,5H2,1-2H3;3H,1-2H2,(H,6,7)(H,8,9)/t;3-/m.0/s1. The third-order valence-corrected chi connectivity index (χ3v) is 3.42. The lowest BCUT2D eigenvalue weighted by Crippen LogP contribution is -2.32. The molecular formula is C15H22N2O7. The Morgan fingerprint density at radius 3 is 2.62 bits per heavy atom. The monoisotopic (exact) mass is 342 g/mol. The predicted octanol–water partition coefficient (Wildman–Crippen LogP) is -0.0351. The van der Waals surface area contributed by atoms with Crippen LogP contribution in [0.1, 0.15) is 42.9 Å². The van der Waals surface area contributed by atoms with Crippen molar-refractivity contribution in [3.8, 4) is 5.75 Å². The highest BCUT2D eigenvalue weighted by molar-refractivity contribution is 5.87. The fourth-order valence-corrected chi connectivity index (χ4v) is 2.09. The minimum Gasteiger partial charge on any atom is -0.506 e. The summed E-state index contributed by atoms with van der Waals surface area (Å²) in [6.07, 6.45) is 0.989. The quantitative estimate of drug-likeness (QED) is 0.468. The summed E-state index contributed by atoms with van der Waals surface area (Å²) in [5.41, 5.74) is 0.956. The van der Waals surface area contributed by atoms with Crippen molar-refractivity contribution in [2.75, 3.05) is 6.61 Å². The normalized spacial score (nSPS) is 17.7. The van der Waals surface area contributed by atoms with Crippen molar-refractivity contribution in [2.45, 2.75) is 45.6 Å². The number of aromatic nitrogens is 1. The highest BCUT2D eigenvalue weighted by Gasteiger charge is 2.26. The molecule has 9 heteroatoms. The molecule has 1 saturated heterocycles. The molecule has 9 nitrogen and oxygen atoms in total. The van der Waals surface area contributed by atoms with Gasteiger partial charge >= 0.3 is 5.97 Å². The Hall–Kier alpha value is -2.23. The van der Waals surface area contributed by atoms with Gasteiger partial charge in [0, 0.05) is 30.4 Å². The number of rotatable bonds is 5. The van der Waals surface area contributed by atoms with Crippen LogP contribution in [0.4, 0.5) is 0 Å². The van der Waals surface area contributed by atoms with Crippen molar-refractivity contribution in [2.24, 2.45) is 0 Å². The van der Waals surface area contributed by atoms with E-state index in [-0.39, 0.29) is 23.8 Å². The van der Waals surface area contributed by atoms with E-state index in [1.54, 1.807) is 13.8 Å². The highest BCUT2D eigenvalue weighted by Crippen LogP contribution is 2.28. The molecule has 1 aromatic heterocycles. The van der Waals surface area contributed by atoms with E-state index >= 15 is 0 Å². The third-order valence-electron chi connectivity index (χ3n) is 3.42. The average Bonchev–Trinajstić information content (AvgIpc) is 2.97. The third kappa shape index (κ3) is 5.15. The van der Waals surface area contributed by atoms with Gasteiger partial charge in [0.05, 0.1) is 12.3 Å². The SMILES string of the molecule is CCOC(O)c1cnc(C)c(O)c1CO.O=C1CC[C@@H](C(=O)O)N1. The Kier molecular flexibility index (Phi) is 7.56. The first kappa shape index (κ1) is 19.8. The Bertz CT molecular complexity index is 591. The van der Waals surface area contributed by atoms with Crippen molar-refractivity contribution in [3.05, 3.63) is 23.0 Å². The number of nitrogens with one attached hydrogen (secondary N) is 1. The first-order valence-corrected chi connectivity index (χ1v) is 7.41. The molecule has 0 bridgehead atoms. The molecule has 1 aliphatic heterocycles. The number of carbonyl (C=O) groups excluding carboxylic acids is 1. The van der Waals surface area contributed by atoms with Crippen LogP contribution in [0.15, 0.2) is 6.20 Å². The minimum atomic E-state index is -1.17. The number of nitrogens with zero attached hydrogens (tertiary/aromatic N) is 1. The van der Waals surface area contributed by atoms with E-state index in [0.717, 1.165) is 0 Å². The molecule has 1 aromatic rings. The van der Waals surface area contributed by atoms with Crippen molar-refractivity contribution >= 4 is 11.9 Å². The fourth-order valence-electron chi connectivity index (χ4n) is 2.09. The summed E-state index contributed by atoms with van der Waals surface area (Å²) in [5, 5.41) is 38.9. The number of hydrogen-bond donors (Lipinski definition) is 5. The van der Waals surface area contributed by atoms with Gasteiger partial charge in [-0.25, -0.2) is 4.79 Å². The number of aryl methyl sites for hydroxylation is 1. The number of carboxylic acid groups (broad SMARTS) is 1. The van der Waals surface area contributed by atoms with Crippen LogP contribution in [0.5, 0.6) is 5.75 Å². The maximum absolute atomic E-state index is 10.4. The van der Waals surface area contributed by atoms with Crippen LogP contribution < -0.4 is 5.32 Å². The zero-order valence-electron chi connectivity index (χ0n) is 13.5. The summed E-state index contributed by atoms with van der Waals surface area (Å²) in [6.45, 7) is 3.32. The highest BCUT2D eigenvalue weighted by atomic mass is 16.6. The van der Waals surface area contributed by atoms with E-state index in [4.69, 9.17) is 14.9 Å². The summed E-state index contributed by atoms with van der Waals surface area (Å²) in [7, 11) is 0. The number of ether oxygens (including phenoxy) is 1. The van der Waals surface area contributed by atoms with Gasteiger partial charge < -0.3 is 30.5 Å². The van der Waals surface area contributed by atoms with Gasteiger partial charge in [0.25, 0.3) is 0 Å². The molecule has 0 radical (unpaired) electrons. The molecule has 1 unspecified atom stereocenters. The number of aromatic hydroxyl groups is 1. The van der Waals surface area contributed by atoms with E-state index in [1.807, 2.05) is 0 Å². The van der Waals surface area contributed by atoms with Gasteiger partial charge in [0.1, 0.15) is 11.8 Å². The number of aliphatic carboxylic acids is 1. The minimum absolute atomic E-state index is 0.103. The van der Waals surface area contributed by atoms with Crippen LogP contribution in [0.2, 0.25) is 0 Å². The van der Waals surface area contributed by atoms with E-state index in [0.29, 0.717) is 30.7 Å². The van der Waals surface area contributed by atoms with Crippen LogP contribution in [-0.2, 0) is 20.9 Å². The lowest BCUT2D eigenvalue weighted by atomic mass is 10.1. The van der Waals surface area contributed by atoms with Crippen molar-refractivity contribution in [3.63, 3.8) is 0 Å². The smallest absolute Gasteiger partial charge is 0.326 e. The Morgan fingerprint density at radius 2 is 2.21 bits per heavy atom. The summed E-state index contributed by atoms with van der Waals surface area (Å²) in [6, 6.07) is -0.641. The maximum atomic E-state index is 10.4. The molecule has 0 saturated carbocycles. The number of aliphatic hydroxyl groups excluding tert-OH is 2. The Morgan fingerprint density at radius 1 is 1.54 bits per heavy atom. The second-order valence-electron chi connectivity index (χ2n) is 5.09. The lowest BCUT2D eigenvalue weighted by Gasteiger charge is -2.15. The topological polar surface area (TPSA) is 149 Å². The lowest BCUT2D eigenvalue weighted by molar-refractivity contribution is -0.140. The van der Waals surface area contributed by atoms with Crippen molar-refractivity contribution < 1.29 is 34.8 Å². The molecule has 1 aliphatic rings. The van der Waals surface area contributed by atoms with E-state index < -0.39 is 18.3 Å². The van der Waals surface area contributed by atoms with Gasteiger partial charge in [-0.3, -0.25) is 9.78 Å².